The maximum atomic E-state index is 14.1. The maximum absolute atomic E-state index is 14.1. The summed E-state index contributed by atoms with van der Waals surface area (Å²) >= 11 is 1.30. The normalized spacial score (nSPS) is 14.4. The van der Waals surface area contributed by atoms with Crippen molar-refractivity contribution in [1.82, 2.24) is 24.3 Å². The van der Waals surface area contributed by atoms with Crippen molar-refractivity contribution in [3.63, 3.8) is 0 Å². The van der Waals surface area contributed by atoms with Crippen LogP contribution in [0.1, 0.15) is 43.0 Å². The Kier molecular flexibility index (Phi) is 4.96. The van der Waals surface area contributed by atoms with Gasteiger partial charge in [0.05, 0.1) is 6.42 Å². The number of H-pyrrole nitrogens is 1. The molecule has 0 spiro atoms. The third-order valence-electron chi connectivity index (χ3n) is 5.39. The van der Waals surface area contributed by atoms with Crippen molar-refractivity contribution >= 4 is 34.4 Å². The van der Waals surface area contributed by atoms with E-state index in [0.29, 0.717) is 34.0 Å². The van der Waals surface area contributed by atoms with Crippen LogP contribution in [-0.4, -0.2) is 30.2 Å². The first kappa shape index (κ1) is 18.8. The molecule has 7 nitrogen and oxygen atoms in total. The van der Waals surface area contributed by atoms with Crippen LogP contribution in [0.15, 0.2) is 36.1 Å². The molecule has 30 heavy (non-hydrogen) atoms. The maximum Gasteiger partial charge on any atom is 0.230 e. The van der Waals surface area contributed by atoms with Crippen molar-refractivity contribution in [2.45, 2.75) is 38.0 Å². The van der Waals surface area contributed by atoms with Gasteiger partial charge in [-0.05, 0) is 47.6 Å². The Morgan fingerprint density at radius 2 is 2.07 bits per heavy atom. The highest BCUT2D eigenvalue weighted by Gasteiger charge is 2.22. The van der Waals surface area contributed by atoms with Crippen molar-refractivity contribution < 1.29 is 9.18 Å². The van der Waals surface area contributed by atoms with Crippen molar-refractivity contribution in [1.29, 1.82) is 0 Å². The van der Waals surface area contributed by atoms with Gasteiger partial charge in [-0.25, -0.2) is 23.7 Å². The molecule has 0 saturated heterocycles. The van der Waals surface area contributed by atoms with Gasteiger partial charge in [0.25, 0.3) is 0 Å². The van der Waals surface area contributed by atoms with Crippen molar-refractivity contribution in [3.8, 4) is 11.1 Å². The Morgan fingerprint density at radius 3 is 2.87 bits per heavy atom. The van der Waals surface area contributed by atoms with E-state index in [2.05, 4.69) is 29.6 Å². The number of halogens is 1. The van der Waals surface area contributed by atoms with Gasteiger partial charge in [0.1, 0.15) is 23.5 Å². The molecule has 0 bridgehead atoms. The van der Waals surface area contributed by atoms with E-state index in [9.17, 15) is 9.18 Å². The number of nitrogens with zero attached hydrogens (tertiary/aromatic N) is 4. The number of aromatic nitrogens is 5. The second kappa shape index (κ2) is 7.91. The molecule has 1 aliphatic carbocycles. The number of rotatable bonds is 5. The first-order valence-electron chi connectivity index (χ1n) is 9.85. The summed E-state index contributed by atoms with van der Waals surface area (Å²) in [7, 11) is 0. The number of amides is 1. The van der Waals surface area contributed by atoms with Gasteiger partial charge in [-0.15, -0.1) is 0 Å². The number of benzene rings is 1. The topological polar surface area (TPSA) is 96.5 Å². The molecule has 3 heterocycles. The van der Waals surface area contributed by atoms with Crippen LogP contribution in [0.2, 0.25) is 0 Å². The quantitative estimate of drug-likeness (QED) is 0.495. The first-order chi connectivity index (χ1) is 14.7. The molecule has 2 N–H and O–H groups in total. The highest BCUT2D eigenvalue weighted by atomic mass is 32.1. The van der Waals surface area contributed by atoms with Crippen LogP contribution in [0.3, 0.4) is 0 Å². The van der Waals surface area contributed by atoms with Crippen LogP contribution in [0.5, 0.6) is 0 Å². The molecule has 4 aromatic rings. The molecule has 1 fully saturated rings. The first-order valence-corrected chi connectivity index (χ1v) is 10.7. The number of imidazole rings is 1. The summed E-state index contributed by atoms with van der Waals surface area (Å²) < 4.78 is 18.1. The van der Waals surface area contributed by atoms with Crippen LogP contribution in [0.4, 0.5) is 10.2 Å². The molecule has 0 atom stereocenters. The number of anilines is 1. The lowest BCUT2D eigenvalue weighted by atomic mass is 10.0. The molecule has 3 aromatic heterocycles. The number of fused-ring (bicyclic) bond motifs is 1. The summed E-state index contributed by atoms with van der Waals surface area (Å²) in [5.41, 5.74) is 3.27. The zero-order chi connectivity index (χ0) is 20.5. The molecule has 1 saturated carbocycles. The number of carbonyl (C=O) groups is 1. The monoisotopic (exact) mass is 422 g/mol. The van der Waals surface area contributed by atoms with E-state index in [-0.39, 0.29) is 18.1 Å². The molecule has 0 radical (unpaired) electrons. The highest BCUT2D eigenvalue weighted by molar-refractivity contribution is 7.03. The third-order valence-corrected chi connectivity index (χ3v) is 5.98. The van der Waals surface area contributed by atoms with Gasteiger partial charge in [0.2, 0.25) is 5.91 Å². The van der Waals surface area contributed by atoms with Crippen LogP contribution >= 0.6 is 11.5 Å². The lowest BCUT2D eigenvalue weighted by Gasteiger charge is -2.07. The lowest BCUT2D eigenvalue weighted by Crippen LogP contribution is -2.16. The summed E-state index contributed by atoms with van der Waals surface area (Å²) in [5, 5.41) is 4.66. The summed E-state index contributed by atoms with van der Waals surface area (Å²) in [6.45, 7) is 0. The van der Waals surface area contributed by atoms with E-state index in [0.717, 1.165) is 24.2 Å². The van der Waals surface area contributed by atoms with Crippen LogP contribution in [-0.2, 0) is 11.2 Å². The van der Waals surface area contributed by atoms with Gasteiger partial charge in [-0.3, -0.25) is 4.79 Å². The zero-order valence-electron chi connectivity index (χ0n) is 16.1. The lowest BCUT2D eigenvalue weighted by molar-refractivity contribution is -0.115. The van der Waals surface area contributed by atoms with Crippen molar-refractivity contribution in [2.24, 2.45) is 0 Å². The molecular weight excluding hydrogens is 403 g/mol. The number of aromatic amines is 1. The van der Waals surface area contributed by atoms with Crippen LogP contribution in [0.25, 0.3) is 22.3 Å². The minimum Gasteiger partial charge on any atom is -0.337 e. The average Bonchev–Trinajstić information content (AvgIpc) is 3.47. The van der Waals surface area contributed by atoms with Gasteiger partial charge < -0.3 is 10.3 Å². The molecule has 1 aromatic carbocycles. The van der Waals surface area contributed by atoms with Gasteiger partial charge >= 0.3 is 0 Å². The summed E-state index contributed by atoms with van der Waals surface area (Å²) in [6.07, 6.45) is 7.72. The predicted octanol–water partition coefficient (Wildman–Crippen LogP) is 4.45. The van der Waals surface area contributed by atoms with Crippen molar-refractivity contribution in [2.75, 3.05) is 5.32 Å². The Hall–Kier alpha value is -3.20. The van der Waals surface area contributed by atoms with Gasteiger partial charge in [-0.2, -0.15) is 0 Å². The molecule has 5 rings (SSSR count). The Labute approximate surface area is 176 Å². The second-order valence-electron chi connectivity index (χ2n) is 7.51. The molecule has 1 amide bonds. The smallest absolute Gasteiger partial charge is 0.230 e. The summed E-state index contributed by atoms with van der Waals surface area (Å²) in [6, 6.07) is 4.61. The second-order valence-corrected chi connectivity index (χ2v) is 8.17. The molecular formula is C21H19FN6OS. The van der Waals surface area contributed by atoms with E-state index in [1.807, 2.05) is 5.38 Å². The predicted molar refractivity (Wildman–Crippen MR) is 113 cm³/mol. The van der Waals surface area contributed by atoms with E-state index < -0.39 is 0 Å². The zero-order valence-corrected chi connectivity index (χ0v) is 16.9. The number of hydrogen-bond donors (Lipinski definition) is 2. The SMILES string of the molecule is O=C(Cc1cc(F)cc(-c2cnsc2)c1)Nc1ncnc2nc(C3CCCC3)[nH]c12. The Morgan fingerprint density at radius 1 is 1.20 bits per heavy atom. The number of carbonyl (C=O) groups excluding carboxylic acids is 1. The standard InChI is InChI=1S/C21H19FN6OS/c22-16-6-12(5-14(8-16)15-9-25-30-10-15)7-17(29)26-20-18-21(24-11-23-20)28-19(27-18)13-3-1-2-4-13/h5-6,8-11,13H,1-4,7H2,(H2,23,24,26,27,28,29). The minimum absolute atomic E-state index is 0.0252. The molecule has 0 unspecified atom stereocenters. The largest absolute Gasteiger partial charge is 0.337 e. The van der Waals surface area contributed by atoms with Gasteiger partial charge in [0.15, 0.2) is 11.5 Å². The fourth-order valence-corrected chi connectivity index (χ4v) is 4.51. The third kappa shape index (κ3) is 3.80. The van der Waals surface area contributed by atoms with E-state index in [1.54, 1.807) is 12.3 Å². The summed E-state index contributed by atoms with van der Waals surface area (Å²) in [4.78, 5) is 29.0. The van der Waals surface area contributed by atoms with E-state index >= 15 is 0 Å². The van der Waals surface area contributed by atoms with Gasteiger partial charge in [-0.1, -0.05) is 18.9 Å². The highest BCUT2D eigenvalue weighted by Crippen LogP contribution is 2.33. The average molecular weight is 422 g/mol. The molecule has 0 aliphatic heterocycles. The molecule has 1 aliphatic rings. The molecule has 152 valence electrons. The van der Waals surface area contributed by atoms with E-state index in [4.69, 9.17) is 0 Å². The van der Waals surface area contributed by atoms with E-state index in [1.165, 1.54) is 42.8 Å². The fourth-order valence-electron chi connectivity index (χ4n) is 3.96. The Bertz CT molecular complexity index is 1200. The minimum atomic E-state index is -0.388. The van der Waals surface area contributed by atoms with Crippen molar-refractivity contribution in [3.05, 3.63) is 53.3 Å². The van der Waals surface area contributed by atoms with Crippen LogP contribution in [0, 0.1) is 5.82 Å². The van der Waals surface area contributed by atoms with Gasteiger partial charge in [0, 0.05) is 23.1 Å². The number of hydrogen-bond acceptors (Lipinski definition) is 6. The number of nitrogens with one attached hydrogen (secondary N) is 2. The Balaban J connectivity index is 1.36. The summed E-state index contributed by atoms with van der Waals surface area (Å²) in [5.74, 6) is 1.02. The fraction of sp³-hybridized carbons (Fsp3) is 0.286. The molecule has 9 heteroatoms. The van der Waals surface area contributed by atoms with Crippen LogP contribution < -0.4 is 5.32 Å².